The Hall–Kier alpha value is -2.11. The number of nitrogens with one attached hydrogen (secondary N) is 1. The molecule has 1 rings (SSSR count). The smallest absolute Gasteiger partial charge is 0.331 e. The number of nitrogens with zero attached hydrogens (tertiary/aromatic N) is 1. The van der Waals surface area contributed by atoms with E-state index in [1.807, 2.05) is 6.92 Å². The lowest BCUT2D eigenvalue weighted by molar-refractivity contribution is -0.145. The second kappa shape index (κ2) is 6.17. The molecule has 6 nitrogen and oxygen atoms in total. The Morgan fingerprint density at radius 3 is 2.58 bits per heavy atom. The van der Waals surface area contributed by atoms with Gasteiger partial charge in [0.2, 0.25) is 5.91 Å². The minimum Gasteiger partial charge on any atom is -0.467 e. The van der Waals surface area contributed by atoms with Crippen LogP contribution in [0.15, 0.2) is 18.3 Å². The van der Waals surface area contributed by atoms with Gasteiger partial charge in [-0.15, -0.1) is 0 Å². The molecule has 0 bridgehead atoms. The van der Waals surface area contributed by atoms with Crippen molar-refractivity contribution in [3.63, 3.8) is 0 Å². The van der Waals surface area contributed by atoms with Crippen molar-refractivity contribution in [1.82, 2.24) is 4.98 Å². The van der Waals surface area contributed by atoms with E-state index in [1.54, 1.807) is 19.1 Å². The maximum Gasteiger partial charge on any atom is 0.331 e. The van der Waals surface area contributed by atoms with E-state index >= 15 is 0 Å². The van der Waals surface area contributed by atoms with Crippen LogP contribution in [0.1, 0.15) is 37.0 Å². The Morgan fingerprint density at radius 2 is 2.16 bits per heavy atom. The minimum atomic E-state index is -0.843. The molecule has 0 radical (unpaired) electrons. The van der Waals surface area contributed by atoms with Gasteiger partial charge in [0.05, 0.1) is 12.7 Å². The number of hydrogen-bond donors (Lipinski definition) is 2. The first-order valence-corrected chi connectivity index (χ1v) is 6.05. The van der Waals surface area contributed by atoms with Gasteiger partial charge in [-0.05, 0) is 25.5 Å². The van der Waals surface area contributed by atoms with Crippen molar-refractivity contribution in [2.45, 2.75) is 32.2 Å². The van der Waals surface area contributed by atoms with Gasteiger partial charge in [-0.25, -0.2) is 9.78 Å². The number of amides is 1. The van der Waals surface area contributed by atoms with E-state index in [-0.39, 0.29) is 5.97 Å². The van der Waals surface area contributed by atoms with Gasteiger partial charge < -0.3 is 15.8 Å². The number of carbonyl (C=O) groups is 2. The van der Waals surface area contributed by atoms with Crippen LogP contribution < -0.4 is 11.1 Å². The number of anilines is 1. The molecule has 0 aliphatic rings. The van der Waals surface area contributed by atoms with Crippen molar-refractivity contribution in [2.24, 2.45) is 5.73 Å². The van der Waals surface area contributed by atoms with Gasteiger partial charge >= 0.3 is 5.97 Å². The molecule has 0 saturated heterocycles. The van der Waals surface area contributed by atoms with Crippen molar-refractivity contribution >= 4 is 17.7 Å². The molecule has 1 aromatic rings. The first-order valence-electron chi connectivity index (χ1n) is 6.05. The molecule has 1 aromatic heterocycles. The zero-order chi connectivity index (χ0) is 14.5. The van der Waals surface area contributed by atoms with Crippen molar-refractivity contribution in [1.29, 1.82) is 0 Å². The van der Waals surface area contributed by atoms with Gasteiger partial charge in [0.1, 0.15) is 11.4 Å². The maximum atomic E-state index is 11.8. The van der Waals surface area contributed by atoms with Crippen LogP contribution in [0.4, 0.5) is 5.82 Å². The van der Waals surface area contributed by atoms with Crippen LogP contribution in [0.25, 0.3) is 0 Å². The van der Waals surface area contributed by atoms with E-state index < -0.39 is 11.4 Å². The monoisotopic (exact) mass is 265 g/mol. The summed E-state index contributed by atoms with van der Waals surface area (Å²) in [5.41, 5.74) is 4.61. The summed E-state index contributed by atoms with van der Waals surface area (Å²) in [7, 11) is 1.35. The van der Waals surface area contributed by atoms with E-state index in [0.717, 1.165) is 6.42 Å². The van der Waals surface area contributed by atoms with Gasteiger partial charge in [-0.1, -0.05) is 13.3 Å². The van der Waals surface area contributed by atoms with Crippen molar-refractivity contribution in [3.8, 4) is 0 Å². The molecule has 1 unspecified atom stereocenters. The van der Waals surface area contributed by atoms with Crippen molar-refractivity contribution in [2.75, 3.05) is 12.4 Å². The van der Waals surface area contributed by atoms with Crippen LogP contribution in [-0.4, -0.2) is 29.5 Å². The van der Waals surface area contributed by atoms with E-state index in [0.29, 0.717) is 17.8 Å². The van der Waals surface area contributed by atoms with E-state index in [4.69, 9.17) is 10.5 Å². The van der Waals surface area contributed by atoms with Gasteiger partial charge in [-0.2, -0.15) is 0 Å². The first-order chi connectivity index (χ1) is 8.92. The summed E-state index contributed by atoms with van der Waals surface area (Å²) in [5.74, 6) is -0.398. The third-order valence-corrected chi connectivity index (χ3v) is 2.84. The molecule has 104 valence electrons. The molecule has 19 heavy (non-hydrogen) atoms. The van der Waals surface area contributed by atoms with Crippen molar-refractivity contribution < 1.29 is 14.3 Å². The highest BCUT2D eigenvalue weighted by Gasteiger charge is 2.33. The van der Waals surface area contributed by atoms with Crippen molar-refractivity contribution in [3.05, 3.63) is 23.9 Å². The fourth-order valence-electron chi connectivity index (χ4n) is 1.84. The predicted molar refractivity (Wildman–Crippen MR) is 71.7 cm³/mol. The third-order valence-electron chi connectivity index (χ3n) is 2.84. The number of methoxy groups -OCH3 is 1. The molecule has 3 N–H and O–H groups in total. The molecule has 6 heteroatoms. The lowest BCUT2D eigenvalue weighted by atomic mass is 9.96. The predicted octanol–water partition coefficient (Wildman–Crippen LogP) is 1.32. The highest BCUT2D eigenvalue weighted by molar-refractivity contribution is 5.92. The number of aromatic nitrogens is 1. The molecule has 0 spiro atoms. The van der Waals surface area contributed by atoms with Crippen LogP contribution >= 0.6 is 0 Å². The quantitative estimate of drug-likeness (QED) is 0.756. The normalized spacial score (nSPS) is 13.4. The lowest BCUT2D eigenvalue weighted by Gasteiger charge is -2.28. The van der Waals surface area contributed by atoms with Crippen LogP contribution in [0.5, 0.6) is 0 Å². The summed E-state index contributed by atoms with van der Waals surface area (Å²) < 4.78 is 4.80. The fraction of sp³-hybridized carbons (Fsp3) is 0.462. The molecule has 1 atom stereocenters. The summed E-state index contributed by atoms with van der Waals surface area (Å²) in [6.45, 7) is 3.73. The van der Waals surface area contributed by atoms with Crippen LogP contribution in [0.2, 0.25) is 0 Å². The zero-order valence-electron chi connectivity index (χ0n) is 11.4. The van der Waals surface area contributed by atoms with Gasteiger partial charge in [0.15, 0.2) is 0 Å². The van der Waals surface area contributed by atoms with Crippen LogP contribution in [0.3, 0.4) is 0 Å². The van der Waals surface area contributed by atoms with Crippen LogP contribution in [0, 0.1) is 0 Å². The first kappa shape index (κ1) is 14.9. The van der Waals surface area contributed by atoms with E-state index in [1.165, 1.54) is 13.3 Å². The zero-order valence-corrected chi connectivity index (χ0v) is 11.4. The average Bonchev–Trinajstić information content (AvgIpc) is 2.38. The second-order valence-electron chi connectivity index (χ2n) is 4.50. The molecular weight excluding hydrogens is 246 g/mol. The topological polar surface area (TPSA) is 94.3 Å². The highest BCUT2D eigenvalue weighted by atomic mass is 16.5. The number of carbonyl (C=O) groups excluding carboxylic acids is 2. The average molecular weight is 265 g/mol. The Labute approximate surface area is 112 Å². The summed E-state index contributed by atoms with van der Waals surface area (Å²) in [6.07, 6.45) is 2.80. The Bertz CT molecular complexity index is 459. The standard InChI is InChI=1S/C13H19N3O3/c1-4-7-13(2,12(18)19-3)16-10-6-5-9(8-15-10)11(14)17/h5-6,8H,4,7H2,1-3H3,(H2,14,17)(H,15,16). The fourth-order valence-corrected chi connectivity index (χ4v) is 1.84. The molecule has 0 saturated carbocycles. The number of pyridine rings is 1. The molecule has 1 amide bonds. The number of nitrogens with two attached hydrogens (primary N) is 1. The molecule has 0 aliphatic heterocycles. The molecule has 0 aliphatic carbocycles. The summed E-state index contributed by atoms with van der Waals surface area (Å²) >= 11 is 0. The summed E-state index contributed by atoms with van der Waals surface area (Å²) in [5, 5.41) is 3.04. The van der Waals surface area contributed by atoms with Gasteiger partial charge in [0.25, 0.3) is 0 Å². The van der Waals surface area contributed by atoms with E-state index in [9.17, 15) is 9.59 Å². The summed E-state index contributed by atoms with van der Waals surface area (Å²) in [4.78, 5) is 26.8. The molecular formula is C13H19N3O3. The lowest BCUT2D eigenvalue weighted by Crippen LogP contribution is -2.44. The Balaban J connectivity index is 2.90. The minimum absolute atomic E-state index is 0.320. The maximum absolute atomic E-state index is 11.8. The summed E-state index contributed by atoms with van der Waals surface area (Å²) in [6, 6.07) is 3.16. The SMILES string of the molecule is CCCC(C)(Nc1ccc(C(N)=O)cn1)C(=O)OC. The highest BCUT2D eigenvalue weighted by Crippen LogP contribution is 2.20. The molecule has 0 fully saturated rings. The number of rotatable bonds is 6. The van der Waals surface area contributed by atoms with Gasteiger partial charge in [0, 0.05) is 6.20 Å². The number of primary amides is 1. The van der Waals surface area contributed by atoms with Crippen LogP contribution in [-0.2, 0) is 9.53 Å². The second-order valence-corrected chi connectivity index (χ2v) is 4.50. The van der Waals surface area contributed by atoms with E-state index in [2.05, 4.69) is 10.3 Å². The van der Waals surface area contributed by atoms with Gasteiger partial charge in [-0.3, -0.25) is 4.79 Å². The Morgan fingerprint density at radius 1 is 1.47 bits per heavy atom. The largest absolute Gasteiger partial charge is 0.467 e. The number of hydrogen-bond acceptors (Lipinski definition) is 5. The molecule has 1 heterocycles. The Kier molecular flexibility index (Phi) is 4.86. The number of esters is 1. The number of ether oxygens (including phenoxy) is 1. The molecule has 0 aromatic carbocycles. The third kappa shape index (κ3) is 3.67.